The predicted molar refractivity (Wildman–Crippen MR) is 63.9 cm³/mol. The van der Waals surface area contributed by atoms with E-state index in [0.29, 0.717) is 6.61 Å². The summed E-state index contributed by atoms with van der Waals surface area (Å²) in [6.07, 6.45) is 5.23. The van der Waals surface area contributed by atoms with Crippen LogP contribution in [0.15, 0.2) is 35.2 Å². The van der Waals surface area contributed by atoms with Crippen molar-refractivity contribution in [2.75, 3.05) is 12.9 Å². The van der Waals surface area contributed by atoms with E-state index in [1.54, 1.807) is 24.8 Å². The smallest absolute Gasteiger partial charge is 0.330 e. The first kappa shape index (κ1) is 11.9. The highest BCUT2D eigenvalue weighted by molar-refractivity contribution is 7.98. The van der Waals surface area contributed by atoms with E-state index < -0.39 is 0 Å². The highest BCUT2D eigenvalue weighted by atomic mass is 32.2. The molecule has 0 radical (unpaired) electrons. The van der Waals surface area contributed by atoms with Crippen molar-refractivity contribution in [3.8, 4) is 0 Å². The highest BCUT2D eigenvalue weighted by Gasteiger charge is 1.94. The van der Waals surface area contributed by atoms with Crippen molar-refractivity contribution >= 4 is 23.8 Å². The third-order valence-electron chi connectivity index (χ3n) is 1.79. The molecule has 1 rings (SSSR count). The minimum atomic E-state index is -0.299. The Labute approximate surface area is 94.3 Å². The number of ether oxygens (including phenoxy) is 1. The van der Waals surface area contributed by atoms with Crippen LogP contribution in [0.2, 0.25) is 0 Å². The molecule has 15 heavy (non-hydrogen) atoms. The lowest BCUT2D eigenvalue weighted by Gasteiger charge is -1.98. The maximum atomic E-state index is 11.1. The molecule has 0 bridgehead atoms. The number of esters is 1. The van der Waals surface area contributed by atoms with Gasteiger partial charge in [0, 0.05) is 11.0 Å². The lowest BCUT2D eigenvalue weighted by Crippen LogP contribution is -1.98. The van der Waals surface area contributed by atoms with E-state index in [2.05, 4.69) is 0 Å². The summed E-state index contributed by atoms with van der Waals surface area (Å²) in [5, 5.41) is 0. The molecular formula is C12H14O2S. The van der Waals surface area contributed by atoms with Gasteiger partial charge in [-0.25, -0.2) is 4.79 Å². The van der Waals surface area contributed by atoms with Gasteiger partial charge < -0.3 is 4.74 Å². The Kier molecular flexibility index (Phi) is 4.98. The van der Waals surface area contributed by atoms with Crippen LogP contribution in [0.5, 0.6) is 0 Å². The van der Waals surface area contributed by atoms with Gasteiger partial charge in [-0.1, -0.05) is 12.1 Å². The van der Waals surface area contributed by atoms with Crippen molar-refractivity contribution in [3.05, 3.63) is 35.9 Å². The average molecular weight is 222 g/mol. The number of carbonyl (C=O) groups excluding carboxylic acids is 1. The van der Waals surface area contributed by atoms with Crippen LogP contribution in [0.3, 0.4) is 0 Å². The van der Waals surface area contributed by atoms with Gasteiger partial charge in [0.15, 0.2) is 0 Å². The normalized spacial score (nSPS) is 10.5. The maximum Gasteiger partial charge on any atom is 0.330 e. The second-order valence-corrected chi connectivity index (χ2v) is 3.74. The molecule has 2 nitrogen and oxygen atoms in total. The first-order valence-corrected chi connectivity index (χ1v) is 5.97. The molecular weight excluding hydrogens is 208 g/mol. The fourth-order valence-electron chi connectivity index (χ4n) is 1.10. The van der Waals surface area contributed by atoms with E-state index in [1.807, 2.05) is 30.5 Å². The Hall–Kier alpha value is -1.22. The predicted octanol–water partition coefficient (Wildman–Crippen LogP) is 2.98. The summed E-state index contributed by atoms with van der Waals surface area (Å²) in [5.41, 5.74) is 1.01. The standard InChI is InChI=1S/C12H14O2S/c1-3-14-12(13)8-7-10-5-4-6-11(9-10)15-2/h4-9H,3H2,1-2H3. The molecule has 1 aromatic rings. The van der Waals surface area contributed by atoms with Crippen LogP contribution in [0.25, 0.3) is 6.08 Å². The fraction of sp³-hybridized carbons (Fsp3) is 0.250. The van der Waals surface area contributed by atoms with Crippen LogP contribution in [0.1, 0.15) is 12.5 Å². The molecule has 0 N–H and O–H groups in total. The Morgan fingerprint density at radius 2 is 2.33 bits per heavy atom. The molecule has 0 heterocycles. The number of hydrogen-bond donors (Lipinski definition) is 0. The molecule has 0 aromatic heterocycles. The van der Waals surface area contributed by atoms with Gasteiger partial charge in [0.05, 0.1) is 6.61 Å². The van der Waals surface area contributed by atoms with Crippen molar-refractivity contribution in [1.82, 2.24) is 0 Å². The van der Waals surface area contributed by atoms with Crippen molar-refractivity contribution in [1.29, 1.82) is 0 Å². The SMILES string of the molecule is CCOC(=O)C=Cc1cccc(SC)c1. The van der Waals surface area contributed by atoms with Gasteiger partial charge in [-0.2, -0.15) is 0 Å². The third kappa shape index (κ3) is 4.21. The van der Waals surface area contributed by atoms with Gasteiger partial charge in [-0.3, -0.25) is 0 Å². The average Bonchev–Trinajstić information content (AvgIpc) is 2.27. The van der Waals surface area contributed by atoms with E-state index in [9.17, 15) is 4.79 Å². The summed E-state index contributed by atoms with van der Waals surface area (Å²) in [7, 11) is 0. The van der Waals surface area contributed by atoms with E-state index >= 15 is 0 Å². The zero-order valence-corrected chi connectivity index (χ0v) is 9.71. The van der Waals surface area contributed by atoms with Gasteiger partial charge in [-0.05, 0) is 37.0 Å². The summed E-state index contributed by atoms with van der Waals surface area (Å²) >= 11 is 1.68. The molecule has 0 atom stereocenters. The van der Waals surface area contributed by atoms with E-state index in [4.69, 9.17) is 4.74 Å². The molecule has 0 unspecified atom stereocenters. The van der Waals surface area contributed by atoms with Crippen molar-refractivity contribution in [3.63, 3.8) is 0 Å². The summed E-state index contributed by atoms with van der Waals surface area (Å²) in [6, 6.07) is 7.98. The maximum absolute atomic E-state index is 11.1. The minimum Gasteiger partial charge on any atom is -0.463 e. The van der Waals surface area contributed by atoms with Gasteiger partial charge in [-0.15, -0.1) is 11.8 Å². The number of carbonyl (C=O) groups is 1. The van der Waals surface area contributed by atoms with Crippen LogP contribution < -0.4 is 0 Å². The molecule has 0 fully saturated rings. The third-order valence-corrected chi connectivity index (χ3v) is 2.52. The molecule has 0 saturated heterocycles. The molecule has 80 valence electrons. The van der Waals surface area contributed by atoms with Crippen LogP contribution in [0.4, 0.5) is 0 Å². The van der Waals surface area contributed by atoms with Crippen LogP contribution in [0, 0.1) is 0 Å². The molecule has 0 saturated carbocycles. The number of thioether (sulfide) groups is 1. The second-order valence-electron chi connectivity index (χ2n) is 2.86. The lowest BCUT2D eigenvalue weighted by molar-refractivity contribution is -0.137. The molecule has 0 spiro atoms. The number of rotatable bonds is 4. The van der Waals surface area contributed by atoms with Gasteiger partial charge in [0.2, 0.25) is 0 Å². The fourth-order valence-corrected chi connectivity index (χ4v) is 1.57. The minimum absolute atomic E-state index is 0.299. The van der Waals surface area contributed by atoms with Crippen LogP contribution >= 0.6 is 11.8 Å². The van der Waals surface area contributed by atoms with Crippen LogP contribution in [-0.2, 0) is 9.53 Å². The molecule has 0 aliphatic heterocycles. The zero-order valence-electron chi connectivity index (χ0n) is 8.90. The number of hydrogen-bond acceptors (Lipinski definition) is 3. The van der Waals surface area contributed by atoms with E-state index in [1.165, 1.54) is 11.0 Å². The zero-order chi connectivity index (χ0) is 11.1. The summed E-state index contributed by atoms with van der Waals surface area (Å²) < 4.78 is 4.79. The Morgan fingerprint density at radius 1 is 1.53 bits per heavy atom. The van der Waals surface area contributed by atoms with Crippen molar-refractivity contribution in [2.24, 2.45) is 0 Å². The van der Waals surface area contributed by atoms with Gasteiger partial charge >= 0.3 is 5.97 Å². The molecule has 0 aliphatic carbocycles. The van der Waals surface area contributed by atoms with Gasteiger partial charge in [0.1, 0.15) is 0 Å². The lowest BCUT2D eigenvalue weighted by atomic mass is 10.2. The first-order valence-electron chi connectivity index (χ1n) is 4.75. The quantitative estimate of drug-likeness (QED) is 0.445. The molecule has 0 amide bonds. The van der Waals surface area contributed by atoms with Crippen molar-refractivity contribution < 1.29 is 9.53 Å². The number of benzene rings is 1. The summed E-state index contributed by atoms with van der Waals surface area (Å²) in [5.74, 6) is -0.299. The van der Waals surface area contributed by atoms with E-state index in [0.717, 1.165) is 5.56 Å². The molecule has 1 aromatic carbocycles. The summed E-state index contributed by atoms with van der Waals surface area (Å²) in [4.78, 5) is 12.2. The monoisotopic (exact) mass is 222 g/mol. The molecule has 3 heteroatoms. The largest absolute Gasteiger partial charge is 0.463 e. The Balaban J connectivity index is 2.67. The second kappa shape index (κ2) is 6.30. The van der Waals surface area contributed by atoms with Crippen molar-refractivity contribution in [2.45, 2.75) is 11.8 Å². The summed E-state index contributed by atoms with van der Waals surface area (Å²) in [6.45, 7) is 2.20. The topological polar surface area (TPSA) is 26.3 Å². The molecule has 0 aliphatic rings. The highest BCUT2D eigenvalue weighted by Crippen LogP contribution is 2.16. The van der Waals surface area contributed by atoms with E-state index in [-0.39, 0.29) is 5.97 Å². The Morgan fingerprint density at radius 3 is 3.00 bits per heavy atom. The van der Waals surface area contributed by atoms with Crippen LogP contribution in [-0.4, -0.2) is 18.8 Å². The van der Waals surface area contributed by atoms with Gasteiger partial charge in [0.25, 0.3) is 0 Å². The Bertz CT molecular complexity index is 358. The first-order chi connectivity index (χ1) is 7.26.